The molecule has 0 atom stereocenters. The van der Waals surface area contributed by atoms with Crippen LogP contribution in [0.4, 0.5) is 0 Å². The van der Waals surface area contributed by atoms with Crippen LogP contribution in [0.1, 0.15) is 12.5 Å². The number of pyridine rings is 1. The van der Waals surface area contributed by atoms with Gasteiger partial charge in [0.1, 0.15) is 0 Å². The number of aryl methyl sites for hydroxylation is 1. The Morgan fingerprint density at radius 1 is 1.43 bits per heavy atom. The fourth-order valence-electron chi connectivity index (χ4n) is 0.993. The molecule has 14 heavy (non-hydrogen) atoms. The normalized spacial score (nSPS) is 9.00. The van der Waals surface area contributed by atoms with Gasteiger partial charge in [0.2, 0.25) is 6.54 Å². The van der Waals surface area contributed by atoms with E-state index in [9.17, 15) is 4.79 Å². The highest BCUT2D eigenvalue weighted by Crippen LogP contribution is 1.89. The second kappa shape index (κ2) is 6.54. The van der Waals surface area contributed by atoms with Crippen LogP contribution in [0.2, 0.25) is 0 Å². The standard InChI is InChI=1S/C10H14NO2.BrH/c1-3-13-10(12)8-11-6-4-9(2)5-7-11;/h4-7H,3,8H2,1-2H3;1H/q+1;/p-1. The van der Waals surface area contributed by atoms with Gasteiger partial charge in [0, 0.05) is 12.1 Å². The van der Waals surface area contributed by atoms with Crippen molar-refractivity contribution in [2.45, 2.75) is 20.4 Å². The zero-order valence-electron chi connectivity index (χ0n) is 8.37. The van der Waals surface area contributed by atoms with Crippen LogP contribution in [-0.4, -0.2) is 12.6 Å². The molecule has 0 saturated heterocycles. The molecule has 1 heterocycles. The third kappa shape index (κ3) is 4.37. The number of hydrogen-bond acceptors (Lipinski definition) is 2. The number of nitrogens with zero attached hydrogens (tertiary/aromatic N) is 1. The van der Waals surface area contributed by atoms with Crippen molar-refractivity contribution in [3.8, 4) is 0 Å². The summed E-state index contributed by atoms with van der Waals surface area (Å²) >= 11 is 0. The topological polar surface area (TPSA) is 30.2 Å². The van der Waals surface area contributed by atoms with Crippen molar-refractivity contribution in [3.63, 3.8) is 0 Å². The highest BCUT2D eigenvalue weighted by atomic mass is 79.9. The van der Waals surface area contributed by atoms with Crippen molar-refractivity contribution in [3.05, 3.63) is 30.1 Å². The van der Waals surface area contributed by atoms with E-state index in [0.29, 0.717) is 6.61 Å². The summed E-state index contributed by atoms with van der Waals surface area (Å²) in [5.41, 5.74) is 1.18. The van der Waals surface area contributed by atoms with Crippen molar-refractivity contribution < 1.29 is 31.1 Å². The molecule has 0 aliphatic heterocycles. The summed E-state index contributed by atoms with van der Waals surface area (Å²) in [4.78, 5) is 11.1. The summed E-state index contributed by atoms with van der Waals surface area (Å²) in [7, 11) is 0. The quantitative estimate of drug-likeness (QED) is 0.458. The molecule has 1 rings (SSSR count). The molecule has 0 aliphatic rings. The minimum Gasteiger partial charge on any atom is -1.00 e. The number of esters is 1. The molecule has 0 spiro atoms. The van der Waals surface area contributed by atoms with Gasteiger partial charge < -0.3 is 21.7 Å². The first-order chi connectivity index (χ1) is 6.22. The van der Waals surface area contributed by atoms with E-state index in [1.807, 2.05) is 31.5 Å². The Morgan fingerprint density at radius 3 is 2.50 bits per heavy atom. The molecule has 1 aromatic rings. The lowest BCUT2D eigenvalue weighted by atomic mass is 10.3. The van der Waals surface area contributed by atoms with Crippen LogP contribution in [-0.2, 0) is 16.1 Å². The molecule has 0 N–H and O–H groups in total. The number of rotatable bonds is 3. The van der Waals surface area contributed by atoms with E-state index in [1.54, 1.807) is 11.5 Å². The van der Waals surface area contributed by atoms with Crippen molar-refractivity contribution in [2.75, 3.05) is 6.61 Å². The van der Waals surface area contributed by atoms with Gasteiger partial charge in [-0.2, -0.15) is 4.57 Å². The van der Waals surface area contributed by atoms with Crippen molar-refractivity contribution in [1.82, 2.24) is 0 Å². The fraction of sp³-hybridized carbons (Fsp3) is 0.400. The molecule has 0 fully saturated rings. The number of aromatic nitrogens is 1. The van der Waals surface area contributed by atoms with Gasteiger partial charge in [-0.15, -0.1) is 0 Å². The highest BCUT2D eigenvalue weighted by molar-refractivity contribution is 5.67. The average Bonchev–Trinajstić information content (AvgIpc) is 2.09. The number of hydrogen-bond donors (Lipinski definition) is 0. The predicted octanol–water partition coefficient (Wildman–Crippen LogP) is -2.15. The first kappa shape index (κ1) is 13.1. The lowest BCUT2D eigenvalue weighted by Crippen LogP contribution is -3.00. The Balaban J connectivity index is 0.00000169. The molecule has 0 aromatic carbocycles. The lowest BCUT2D eigenvalue weighted by Gasteiger charge is -1.97. The van der Waals surface area contributed by atoms with Crippen LogP contribution >= 0.6 is 0 Å². The van der Waals surface area contributed by atoms with Gasteiger partial charge in [-0.3, -0.25) is 0 Å². The maximum atomic E-state index is 11.1. The SMILES string of the molecule is CCOC(=O)C[n+]1ccc(C)cc1.[Br-]. The molecule has 0 amide bonds. The molecule has 1 aromatic heterocycles. The van der Waals surface area contributed by atoms with E-state index >= 15 is 0 Å². The maximum Gasteiger partial charge on any atom is 0.372 e. The smallest absolute Gasteiger partial charge is 0.372 e. The van der Waals surface area contributed by atoms with Crippen LogP contribution < -0.4 is 21.5 Å². The first-order valence-electron chi connectivity index (χ1n) is 4.33. The zero-order chi connectivity index (χ0) is 9.68. The minimum atomic E-state index is -0.198. The largest absolute Gasteiger partial charge is 1.00 e. The molecule has 0 bridgehead atoms. The minimum absolute atomic E-state index is 0. The van der Waals surface area contributed by atoms with Crippen molar-refractivity contribution in [1.29, 1.82) is 0 Å². The van der Waals surface area contributed by atoms with Crippen LogP contribution in [0.5, 0.6) is 0 Å². The van der Waals surface area contributed by atoms with Gasteiger partial charge in [-0.05, 0) is 19.4 Å². The second-order valence-corrected chi connectivity index (χ2v) is 2.85. The third-order valence-electron chi connectivity index (χ3n) is 1.67. The zero-order valence-corrected chi connectivity index (χ0v) is 9.95. The van der Waals surface area contributed by atoms with Crippen molar-refractivity contribution in [2.24, 2.45) is 0 Å². The molecule has 0 aliphatic carbocycles. The van der Waals surface area contributed by atoms with E-state index in [0.717, 1.165) is 0 Å². The second-order valence-electron chi connectivity index (χ2n) is 2.85. The molecule has 0 saturated carbocycles. The summed E-state index contributed by atoms with van der Waals surface area (Å²) in [6.07, 6.45) is 3.73. The fourth-order valence-corrected chi connectivity index (χ4v) is 0.993. The molecular weight excluding hydrogens is 246 g/mol. The molecule has 4 heteroatoms. The Hall–Kier alpha value is -0.900. The molecule has 78 valence electrons. The third-order valence-corrected chi connectivity index (χ3v) is 1.67. The summed E-state index contributed by atoms with van der Waals surface area (Å²) in [5.74, 6) is -0.198. The lowest BCUT2D eigenvalue weighted by molar-refractivity contribution is -0.686. The van der Waals surface area contributed by atoms with Gasteiger partial charge in [0.25, 0.3) is 0 Å². The summed E-state index contributed by atoms with van der Waals surface area (Å²) in [6, 6.07) is 3.92. The first-order valence-corrected chi connectivity index (χ1v) is 4.33. The van der Waals surface area contributed by atoms with Crippen LogP contribution in [0.3, 0.4) is 0 Å². The number of halogens is 1. The Labute approximate surface area is 94.5 Å². The van der Waals surface area contributed by atoms with Crippen LogP contribution in [0, 0.1) is 6.92 Å². The monoisotopic (exact) mass is 259 g/mol. The highest BCUT2D eigenvalue weighted by Gasteiger charge is 2.08. The van der Waals surface area contributed by atoms with Gasteiger partial charge in [0.15, 0.2) is 12.4 Å². The van der Waals surface area contributed by atoms with Crippen molar-refractivity contribution >= 4 is 5.97 Å². The molecule has 0 radical (unpaired) electrons. The molecular formula is C10H14BrNO2. The molecule has 0 unspecified atom stereocenters. The number of carbonyl (C=O) groups excluding carboxylic acids is 1. The van der Waals surface area contributed by atoms with E-state index in [4.69, 9.17) is 4.74 Å². The molecule has 3 nitrogen and oxygen atoms in total. The maximum absolute atomic E-state index is 11.1. The van der Waals surface area contributed by atoms with E-state index in [2.05, 4.69) is 0 Å². The van der Waals surface area contributed by atoms with E-state index < -0.39 is 0 Å². The van der Waals surface area contributed by atoms with Gasteiger partial charge >= 0.3 is 5.97 Å². The van der Waals surface area contributed by atoms with Gasteiger partial charge in [0.05, 0.1) is 6.61 Å². The van der Waals surface area contributed by atoms with Gasteiger partial charge in [-0.25, -0.2) is 4.79 Å². The van der Waals surface area contributed by atoms with Gasteiger partial charge in [-0.1, -0.05) is 0 Å². The van der Waals surface area contributed by atoms with Crippen LogP contribution in [0.15, 0.2) is 24.5 Å². The number of ether oxygens (including phenoxy) is 1. The Morgan fingerprint density at radius 2 is 2.00 bits per heavy atom. The number of carbonyl (C=O) groups is 1. The summed E-state index contributed by atoms with van der Waals surface area (Å²) in [5, 5.41) is 0. The van der Waals surface area contributed by atoms with Crippen LogP contribution in [0.25, 0.3) is 0 Å². The summed E-state index contributed by atoms with van der Waals surface area (Å²) < 4.78 is 6.61. The van der Waals surface area contributed by atoms with E-state index in [-0.39, 0.29) is 29.5 Å². The summed E-state index contributed by atoms with van der Waals surface area (Å²) in [6.45, 7) is 4.53. The Bertz CT molecular complexity index is 285. The van der Waals surface area contributed by atoms with E-state index in [1.165, 1.54) is 5.56 Å². The Kier molecular flexibility index (Phi) is 6.12. The average molecular weight is 260 g/mol. The predicted molar refractivity (Wildman–Crippen MR) is 48.0 cm³/mol.